The first kappa shape index (κ1) is 14.5. The summed E-state index contributed by atoms with van der Waals surface area (Å²) in [6, 6.07) is 15.4. The normalized spacial score (nSPS) is 10.3. The number of rotatable bonds is 4. The monoisotopic (exact) mass is 277 g/mol. The molecule has 0 aromatic heterocycles. The lowest BCUT2D eigenvalue weighted by Gasteiger charge is -2.08. The minimum atomic E-state index is -0.300. The number of ether oxygens (including phenoxy) is 1. The Kier molecular flexibility index (Phi) is 4.89. The second kappa shape index (κ2) is 7.06. The summed E-state index contributed by atoms with van der Waals surface area (Å²) in [5.74, 6) is -0.300. The number of esters is 1. The van der Waals surface area contributed by atoms with Gasteiger partial charge in [0, 0.05) is 6.92 Å². The molecule has 0 radical (unpaired) electrons. The molecule has 0 aliphatic rings. The third-order valence-corrected chi connectivity index (χ3v) is 2.96. The van der Waals surface area contributed by atoms with Gasteiger partial charge in [-0.3, -0.25) is 4.79 Å². The fraction of sp³-hybridized carbons (Fsp3) is 0.111. The third kappa shape index (κ3) is 3.80. The lowest BCUT2D eigenvalue weighted by molar-refractivity contribution is -0.139. The van der Waals surface area contributed by atoms with Crippen molar-refractivity contribution in [2.45, 2.75) is 6.92 Å². The molecule has 2 aromatic rings. The molecule has 0 amide bonds. The van der Waals surface area contributed by atoms with Crippen molar-refractivity contribution in [3.05, 3.63) is 71.6 Å². The first-order valence-corrected chi connectivity index (χ1v) is 6.58. The predicted octanol–water partition coefficient (Wildman–Crippen LogP) is 4.48. The summed E-state index contributed by atoms with van der Waals surface area (Å²) in [6.45, 7) is 8.90. The Balaban J connectivity index is 2.33. The van der Waals surface area contributed by atoms with E-state index in [2.05, 4.69) is 4.85 Å². The highest BCUT2D eigenvalue weighted by Crippen LogP contribution is 2.32. The van der Waals surface area contributed by atoms with Gasteiger partial charge in [-0.15, -0.1) is 0 Å². The van der Waals surface area contributed by atoms with Crippen LogP contribution >= 0.6 is 0 Å². The number of benzene rings is 2. The van der Waals surface area contributed by atoms with Gasteiger partial charge in [-0.25, -0.2) is 4.85 Å². The Morgan fingerprint density at radius 2 is 1.81 bits per heavy atom. The summed E-state index contributed by atoms with van der Waals surface area (Å²) in [7, 11) is 0. The van der Waals surface area contributed by atoms with Crippen molar-refractivity contribution in [3.63, 3.8) is 0 Å². The summed E-state index contributed by atoms with van der Waals surface area (Å²) in [5, 5.41) is 0. The van der Waals surface area contributed by atoms with Crippen molar-refractivity contribution in [2.75, 3.05) is 6.61 Å². The van der Waals surface area contributed by atoms with Gasteiger partial charge < -0.3 is 4.74 Å². The average Bonchev–Trinajstić information content (AvgIpc) is 2.52. The van der Waals surface area contributed by atoms with Gasteiger partial charge in [0.2, 0.25) is 0 Å². The Hall–Kier alpha value is -2.86. The Bertz CT molecular complexity index is 711. The van der Waals surface area contributed by atoms with Crippen LogP contribution in [0.15, 0.2) is 54.6 Å². The maximum absolute atomic E-state index is 10.7. The van der Waals surface area contributed by atoms with Crippen molar-refractivity contribution in [2.24, 2.45) is 0 Å². The summed E-state index contributed by atoms with van der Waals surface area (Å²) in [4.78, 5) is 14.3. The number of para-hydroxylation sites is 1. The lowest BCUT2D eigenvalue weighted by atomic mass is 9.98. The van der Waals surface area contributed by atoms with Crippen LogP contribution in [-0.4, -0.2) is 12.6 Å². The van der Waals surface area contributed by atoms with E-state index in [1.54, 1.807) is 6.08 Å². The molecule has 0 unspecified atom stereocenters. The van der Waals surface area contributed by atoms with Crippen molar-refractivity contribution in [1.82, 2.24) is 0 Å². The smallest absolute Gasteiger partial charge is 0.302 e. The molecule has 0 bridgehead atoms. The quantitative estimate of drug-likeness (QED) is 0.609. The molecule has 104 valence electrons. The van der Waals surface area contributed by atoms with Crippen LogP contribution in [0.25, 0.3) is 22.0 Å². The van der Waals surface area contributed by atoms with Crippen molar-refractivity contribution in [3.8, 4) is 11.1 Å². The van der Waals surface area contributed by atoms with Gasteiger partial charge in [0.05, 0.1) is 6.57 Å². The third-order valence-electron chi connectivity index (χ3n) is 2.96. The molecule has 0 saturated carbocycles. The molecule has 3 nitrogen and oxygen atoms in total. The van der Waals surface area contributed by atoms with Gasteiger partial charge in [-0.05, 0) is 22.8 Å². The predicted molar refractivity (Wildman–Crippen MR) is 83.8 cm³/mol. The molecule has 2 rings (SSSR count). The summed E-state index contributed by atoms with van der Waals surface area (Å²) < 4.78 is 4.88. The summed E-state index contributed by atoms with van der Waals surface area (Å²) >= 11 is 0. The number of carbonyl (C=O) groups excluding carboxylic acids is 1. The fourth-order valence-corrected chi connectivity index (χ4v) is 2.03. The van der Waals surface area contributed by atoms with Crippen molar-refractivity contribution < 1.29 is 9.53 Å². The molecule has 2 aromatic carbocycles. The molecule has 0 spiro atoms. The Morgan fingerprint density at radius 3 is 2.52 bits per heavy atom. The first-order chi connectivity index (χ1) is 10.2. The number of nitrogens with zero attached hydrogens (tertiary/aromatic N) is 1. The molecule has 0 fully saturated rings. The van der Waals surface area contributed by atoms with Gasteiger partial charge in [0.25, 0.3) is 0 Å². The summed E-state index contributed by atoms with van der Waals surface area (Å²) in [6.07, 6.45) is 3.69. The SMILES string of the molecule is [C-]#[N+]c1ccccc1-c1ccccc1/C=C\COC(C)=O. The van der Waals surface area contributed by atoms with E-state index in [1.807, 2.05) is 54.6 Å². The van der Waals surface area contributed by atoms with E-state index in [9.17, 15) is 4.79 Å². The van der Waals surface area contributed by atoms with Crippen molar-refractivity contribution >= 4 is 17.7 Å². The summed E-state index contributed by atoms with van der Waals surface area (Å²) in [5.41, 5.74) is 3.50. The number of carbonyl (C=O) groups is 1. The minimum Gasteiger partial charge on any atom is -0.462 e. The Labute approximate surface area is 124 Å². The molecule has 0 aliphatic heterocycles. The van der Waals surface area contributed by atoms with E-state index in [-0.39, 0.29) is 12.6 Å². The van der Waals surface area contributed by atoms with Crippen LogP contribution < -0.4 is 0 Å². The van der Waals surface area contributed by atoms with E-state index in [4.69, 9.17) is 11.3 Å². The van der Waals surface area contributed by atoms with Gasteiger partial charge in [-0.1, -0.05) is 54.6 Å². The molecular weight excluding hydrogens is 262 g/mol. The number of hydrogen-bond donors (Lipinski definition) is 0. The Morgan fingerprint density at radius 1 is 1.14 bits per heavy atom. The van der Waals surface area contributed by atoms with E-state index in [0.717, 1.165) is 16.7 Å². The maximum atomic E-state index is 10.7. The second-order valence-corrected chi connectivity index (χ2v) is 4.42. The van der Waals surface area contributed by atoms with Gasteiger partial charge >= 0.3 is 5.97 Å². The molecule has 21 heavy (non-hydrogen) atoms. The van der Waals surface area contributed by atoms with Gasteiger partial charge in [-0.2, -0.15) is 0 Å². The number of hydrogen-bond acceptors (Lipinski definition) is 2. The van der Waals surface area contributed by atoms with Crippen LogP contribution in [0.4, 0.5) is 5.69 Å². The first-order valence-electron chi connectivity index (χ1n) is 6.58. The van der Waals surface area contributed by atoms with Crippen molar-refractivity contribution in [1.29, 1.82) is 0 Å². The zero-order chi connectivity index (χ0) is 15.1. The molecule has 0 heterocycles. The zero-order valence-corrected chi connectivity index (χ0v) is 11.7. The highest BCUT2D eigenvalue weighted by Gasteiger charge is 2.06. The van der Waals surface area contributed by atoms with Crippen LogP contribution in [0.1, 0.15) is 12.5 Å². The average molecular weight is 277 g/mol. The largest absolute Gasteiger partial charge is 0.462 e. The highest BCUT2D eigenvalue weighted by molar-refractivity contribution is 5.84. The lowest BCUT2D eigenvalue weighted by Crippen LogP contribution is -1.97. The van der Waals surface area contributed by atoms with Crippen LogP contribution in [-0.2, 0) is 9.53 Å². The van der Waals surface area contributed by atoms with E-state index in [1.165, 1.54) is 6.92 Å². The van der Waals surface area contributed by atoms with E-state index in [0.29, 0.717) is 5.69 Å². The molecule has 3 heteroatoms. The zero-order valence-electron chi connectivity index (χ0n) is 11.7. The fourth-order valence-electron chi connectivity index (χ4n) is 2.03. The highest BCUT2D eigenvalue weighted by atomic mass is 16.5. The molecule has 0 atom stereocenters. The van der Waals surface area contributed by atoms with Crippen LogP contribution in [0.2, 0.25) is 0 Å². The second-order valence-electron chi connectivity index (χ2n) is 4.42. The standard InChI is InChI=1S/C18H15NO2/c1-14(20)21-13-7-9-15-8-3-4-10-16(15)17-11-5-6-12-18(17)19-2/h3-12H,13H2,1H3/b9-7-. The molecule has 0 aliphatic carbocycles. The van der Waals surface area contributed by atoms with Crippen LogP contribution in [0, 0.1) is 6.57 Å². The molecule has 0 saturated heterocycles. The maximum Gasteiger partial charge on any atom is 0.302 e. The minimum absolute atomic E-state index is 0.244. The molecular formula is C18H15NO2. The van der Waals surface area contributed by atoms with Crippen LogP contribution in [0.5, 0.6) is 0 Å². The van der Waals surface area contributed by atoms with Gasteiger partial charge in [0.15, 0.2) is 5.69 Å². The van der Waals surface area contributed by atoms with E-state index >= 15 is 0 Å². The molecule has 0 N–H and O–H groups in total. The topological polar surface area (TPSA) is 30.7 Å². The van der Waals surface area contributed by atoms with Crippen LogP contribution in [0.3, 0.4) is 0 Å². The van der Waals surface area contributed by atoms with E-state index < -0.39 is 0 Å². The van der Waals surface area contributed by atoms with Gasteiger partial charge in [0.1, 0.15) is 6.61 Å².